The molecule has 1 aliphatic rings. The molecule has 2 amide bonds. The molecule has 1 aliphatic heterocycles. The highest BCUT2D eigenvalue weighted by Gasteiger charge is 2.34. The first kappa shape index (κ1) is 23.9. The summed E-state index contributed by atoms with van der Waals surface area (Å²) in [5.41, 5.74) is 1.85. The minimum absolute atomic E-state index is 0.0902. The normalized spacial score (nSPS) is 17.0. The van der Waals surface area contributed by atoms with Crippen LogP contribution in [0.2, 0.25) is 0 Å². The summed E-state index contributed by atoms with van der Waals surface area (Å²) in [7, 11) is -3.80. The van der Waals surface area contributed by atoms with Crippen molar-refractivity contribution in [2.75, 3.05) is 18.4 Å². The fourth-order valence-corrected chi connectivity index (χ4v) is 5.88. The highest BCUT2D eigenvalue weighted by Crippen LogP contribution is 2.28. The van der Waals surface area contributed by atoms with E-state index in [0.29, 0.717) is 30.6 Å². The second-order valence-corrected chi connectivity index (χ2v) is 9.90. The summed E-state index contributed by atoms with van der Waals surface area (Å²) < 4.78 is 41.3. The number of nitrogens with one attached hydrogen (secondary N) is 2. The molecule has 0 bridgehead atoms. The lowest BCUT2D eigenvalue weighted by atomic mass is 10.0. The zero-order valence-electron chi connectivity index (χ0n) is 18.2. The lowest BCUT2D eigenvalue weighted by molar-refractivity contribution is -0.136. The highest BCUT2D eigenvalue weighted by molar-refractivity contribution is 7.89. The maximum Gasteiger partial charge on any atom is 0.313 e. The number of halogens is 1. The molecular weight excluding hydrogens is 433 g/mol. The highest BCUT2D eigenvalue weighted by atomic mass is 32.2. The Bertz CT molecular complexity index is 1100. The number of benzene rings is 2. The van der Waals surface area contributed by atoms with Gasteiger partial charge in [0.2, 0.25) is 10.0 Å². The van der Waals surface area contributed by atoms with Gasteiger partial charge in [0.1, 0.15) is 5.82 Å². The monoisotopic (exact) mass is 461 g/mol. The first-order chi connectivity index (χ1) is 15.2. The van der Waals surface area contributed by atoms with Crippen molar-refractivity contribution in [3.8, 4) is 0 Å². The zero-order chi connectivity index (χ0) is 23.3. The van der Waals surface area contributed by atoms with Gasteiger partial charge in [-0.2, -0.15) is 4.31 Å². The van der Waals surface area contributed by atoms with Gasteiger partial charge in [-0.3, -0.25) is 9.59 Å². The van der Waals surface area contributed by atoms with Crippen molar-refractivity contribution in [3.63, 3.8) is 0 Å². The Morgan fingerprint density at radius 2 is 1.88 bits per heavy atom. The molecular formula is C23H28FN3O4S. The van der Waals surface area contributed by atoms with Crippen LogP contribution >= 0.6 is 0 Å². The van der Waals surface area contributed by atoms with E-state index in [0.717, 1.165) is 24.5 Å². The van der Waals surface area contributed by atoms with Crippen molar-refractivity contribution in [2.24, 2.45) is 0 Å². The molecule has 1 saturated heterocycles. The standard InChI is InChI=1S/C23H28FN3O4S/c1-16-6-5-7-19(14-16)26-23(29)22(28)25-12-11-20-8-3-4-13-27(20)32(30,31)21-10-9-18(24)15-17(21)2/h5-7,9-10,14-15,20H,3-4,8,11-13H2,1-2H3,(H,25,28)(H,26,29). The average Bonchev–Trinajstić information content (AvgIpc) is 2.73. The molecule has 172 valence electrons. The number of piperidine rings is 1. The molecule has 0 saturated carbocycles. The summed E-state index contributed by atoms with van der Waals surface area (Å²) in [5.74, 6) is -2.03. The van der Waals surface area contributed by atoms with E-state index >= 15 is 0 Å². The van der Waals surface area contributed by atoms with Crippen molar-refractivity contribution in [1.82, 2.24) is 9.62 Å². The van der Waals surface area contributed by atoms with Crippen LogP contribution in [0.15, 0.2) is 47.4 Å². The Balaban J connectivity index is 1.60. The number of aryl methyl sites for hydroxylation is 2. The molecule has 1 unspecified atom stereocenters. The Labute approximate surface area is 188 Å². The summed E-state index contributed by atoms with van der Waals surface area (Å²) in [6, 6.07) is 10.5. The second kappa shape index (κ2) is 10.2. The summed E-state index contributed by atoms with van der Waals surface area (Å²) >= 11 is 0. The molecule has 2 N–H and O–H groups in total. The van der Waals surface area contributed by atoms with Gasteiger partial charge in [-0.1, -0.05) is 18.6 Å². The van der Waals surface area contributed by atoms with Crippen LogP contribution in [0.5, 0.6) is 0 Å². The summed E-state index contributed by atoms with van der Waals surface area (Å²) in [6.45, 7) is 3.99. The van der Waals surface area contributed by atoms with Gasteiger partial charge in [0.15, 0.2) is 0 Å². The first-order valence-corrected chi connectivity index (χ1v) is 12.1. The van der Waals surface area contributed by atoms with Crippen LogP contribution < -0.4 is 10.6 Å². The third-order valence-corrected chi connectivity index (χ3v) is 7.65. The van der Waals surface area contributed by atoms with Crippen molar-refractivity contribution in [1.29, 1.82) is 0 Å². The predicted molar refractivity (Wildman–Crippen MR) is 120 cm³/mol. The molecule has 3 rings (SSSR count). The van der Waals surface area contributed by atoms with E-state index in [1.54, 1.807) is 25.1 Å². The van der Waals surface area contributed by atoms with Crippen LogP contribution in [-0.2, 0) is 19.6 Å². The number of hydrogen-bond acceptors (Lipinski definition) is 4. The summed E-state index contributed by atoms with van der Waals surface area (Å²) in [4.78, 5) is 24.4. The van der Waals surface area contributed by atoms with Gasteiger partial charge in [-0.15, -0.1) is 0 Å². The number of carbonyl (C=O) groups excluding carboxylic acids is 2. The predicted octanol–water partition coefficient (Wildman–Crippen LogP) is 3.13. The topological polar surface area (TPSA) is 95.6 Å². The fraction of sp³-hybridized carbons (Fsp3) is 0.391. The molecule has 32 heavy (non-hydrogen) atoms. The second-order valence-electron chi connectivity index (χ2n) is 8.04. The summed E-state index contributed by atoms with van der Waals surface area (Å²) in [6.07, 6.45) is 2.65. The molecule has 2 aromatic rings. The minimum atomic E-state index is -3.80. The van der Waals surface area contributed by atoms with E-state index < -0.39 is 27.7 Å². The van der Waals surface area contributed by atoms with Gasteiger partial charge < -0.3 is 10.6 Å². The number of sulfonamides is 1. The Kier molecular flexibility index (Phi) is 7.63. The van der Waals surface area contributed by atoms with Crippen molar-refractivity contribution in [3.05, 3.63) is 59.4 Å². The molecule has 1 atom stereocenters. The van der Waals surface area contributed by atoms with E-state index in [4.69, 9.17) is 0 Å². The van der Waals surface area contributed by atoms with Gasteiger partial charge >= 0.3 is 11.8 Å². The van der Waals surface area contributed by atoms with Crippen LogP contribution in [0, 0.1) is 19.7 Å². The van der Waals surface area contributed by atoms with Crippen molar-refractivity contribution < 1.29 is 22.4 Å². The fourth-order valence-electron chi connectivity index (χ4n) is 3.95. The van der Waals surface area contributed by atoms with E-state index in [-0.39, 0.29) is 17.5 Å². The summed E-state index contributed by atoms with van der Waals surface area (Å²) in [5, 5.41) is 5.12. The van der Waals surface area contributed by atoms with Crippen molar-refractivity contribution in [2.45, 2.75) is 50.5 Å². The lowest BCUT2D eigenvalue weighted by Gasteiger charge is -2.35. The number of anilines is 1. The van der Waals surface area contributed by atoms with Gasteiger partial charge in [-0.25, -0.2) is 12.8 Å². The first-order valence-electron chi connectivity index (χ1n) is 10.6. The van der Waals surface area contributed by atoms with Crippen LogP contribution in [-0.4, -0.2) is 43.7 Å². The van der Waals surface area contributed by atoms with Crippen LogP contribution in [0.4, 0.5) is 10.1 Å². The molecule has 0 radical (unpaired) electrons. The van der Waals surface area contributed by atoms with Crippen LogP contribution in [0.1, 0.15) is 36.8 Å². The largest absolute Gasteiger partial charge is 0.348 e. The smallest absolute Gasteiger partial charge is 0.313 e. The van der Waals surface area contributed by atoms with Gasteiger partial charge in [-0.05, 0) is 74.6 Å². The minimum Gasteiger partial charge on any atom is -0.348 e. The molecule has 9 heteroatoms. The Hall–Kier alpha value is -2.78. The third-order valence-electron chi connectivity index (χ3n) is 5.54. The number of amides is 2. The Morgan fingerprint density at radius 3 is 2.59 bits per heavy atom. The molecule has 0 spiro atoms. The van der Waals surface area contributed by atoms with Crippen LogP contribution in [0.3, 0.4) is 0 Å². The van der Waals surface area contributed by atoms with E-state index in [1.165, 1.54) is 16.4 Å². The lowest BCUT2D eigenvalue weighted by Crippen LogP contribution is -2.46. The number of rotatable bonds is 6. The van der Waals surface area contributed by atoms with Crippen molar-refractivity contribution >= 4 is 27.5 Å². The van der Waals surface area contributed by atoms with Gasteiger partial charge in [0, 0.05) is 24.8 Å². The molecule has 0 aliphatic carbocycles. The van der Waals surface area contributed by atoms with E-state index in [1.807, 2.05) is 13.0 Å². The SMILES string of the molecule is Cc1cccc(NC(=O)C(=O)NCCC2CCCCN2S(=O)(=O)c2ccc(F)cc2C)c1. The van der Waals surface area contributed by atoms with E-state index in [2.05, 4.69) is 10.6 Å². The maximum absolute atomic E-state index is 13.4. The molecule has 2 aromatic carbocycles. The van der Waals surface area contributed by atoms with Gasteiger partial charge in [0.05, 0.1) is 4.90 Å². The Morgan fingerprint density at radius 1 is 1.09 bits per heavy atom. The quantitative estimate of drug-likeness (QED) is 0.646. The number of hydrogen-bond donors (Lipinski definition) is 2. The average molecular weight is 462 g/mol. The number of carbonyl (C=O) groups is 2. The molecule has 1 heterocycles. The molecule has 7 nitrogen and oxygen atoms in total. The van der Waals surface area contributed by atoms with Crippen LogP contribution in [0.25, 0.3) is 0 Å². The third kappa shape index (κ3) is 5.72. The van der Waals surface area contributed by atoms with Gasteiger partial charge in [0.25, 0.3) is 0 Å². The maximum atomic E-state index is 13.4. The molecule has 1 fully saturated rings. The zero-order valence-corrected chi connectivity index (χ0v) is 19.0. The molecule has 0 aromatic heterocycles. The number of nitrogens with zero attached hydrogens (tertiary/aromatic N) is 1. The van der Waals surface area contributed by atoms with E-state index in [9.17, 15) is 22.4 Å².